The minimum absolute atomic E-state index is 0.156. The van der Waals surface area contributed by atoms with Crippen molar-refractivity contribution in [2.24, 2.45) is 4.99 Å². The van der Waals surface area contributed by atoms with Gasteiger partial charge in [-0.1, -0.05) is 53.7 Å². The normalized spacial score (nSPS) is 17.5. The number of thioether (sulfide) groups is 1. The van der Waals surface area contributed by atoms with Crippen LogP contribution in [0.5, 0.6) is 0 Å². The fourth-order valence-electron chi connectivity index (χ4n) is 3.66. The smallest absolute Gasteiger partial charge is 0.283 e. The topological polar surface area (TPSA) is 61.5 Å². The van der Waals surface area contributed by atoms with E-state index < -0.39 is 0 Å². The van der Waals surface area contributed by atoms with Gasteiger partial charge in [-0.25, -0.2) is 0 Å². The minimum atomic E-state index is -0.378. The highest BCUT2D eigenvalue weighted by Gasteiger charge is 2.33. The molecule has 0 unspecified atom stereocenters. The number of nitrogens with zero attached hydrogens (tertiary/aromatic N) is 3. The Hall–Kier alpha value is -3.09. The van der Waals surface area contributed by atoms with Gasteiger partial charge in [-0.15, -0.1) is 0 Å². The number of carbonyl (C=O) groups is 1. The maximum absolute atomic E-state index is 12.6. The summed E-state index contributed by atoms with van der Waals surface area (Å²) in [4.78, 5) is 19.5. The zero-order valence-electron chi connectivity index (χ0n) is 16.1. The van der Waals surface area contributed by atoms with Gasteiger partial charge in [0.2, 0.25) is 0 Å². The van der Waals surface area contributed by atoms with Gasteiger partial charge < -0.3 is 4.57 Å². The van der Waals surface area contributed by atoms with Crippen LogP contribution >= 0.6 is 23.4 Å². The lowest BCUT2D eigenvalue weighted by molar-refractivity contribution is -0.114. The highest BCUT2D eigenvalue weighted by molar-refractivity contribution is 8.17. The summed E-state index contributed by atoms with van der Waals surface area (Å²) in [5.41, 5.74) is 3.37. The van der Waals surface area contributed by atoms with E-state index in [2.05, 4.69) is 15.6 Å². The molecular weight excluding hydrogens is 416 g/mol. The van der Waals surface area contributed by atoms with E-state index in [0.717, 1.165) is 26.9 Å². The van der Waals surface area contributed by atoms with E-state index >= 15 is 0 Å². The summed E-state index contributed by atoms with van der Waals surface area (Å²) >= 11 is 7.42. The summed E-state index contributed by atoms with van der Waals surface area (Å²) in [7, 11) is 0. The minimum Gasteiger partial charge on any atom is -0.342 e. The van der Waals surface area contributed by atoms with Crippen LogP contribution in [0.2, 0.25) is 5.02 Å². The molecule has 0 bridgehead atoms. The fourth-order valence-corrected chi connectivity index (χ4v) is 4.61. The van der Waals surface area contributed by atoms with Gasteiger partial charge in [-0.3, -0.25) is 15.1 Å². The molecule has 3 heterocycles. The number of benzene rings is 2. The number of nitrogens with one attached hydrogen (secondary N) is 1. The Morgan fingerprint density at radius 2 is 1.93 bits per heavy atom. The van der Waals surface area contributed by atoms with Crippen molar-refractivity contribution in [2.45, 2.75) is 13.5 Å². The molecule has 2 aliphatic rings. The van der Waals surface area contributed by atoms with Gasteiger partial charge in [0.15, 0.2) is 5.17 Å². The summed E-state index contributed by atoms with van der Waals surface area (Å²) in [6.45, 7) is 2.62. The lowest BCUT2D eigenvalue weighted by Crippen LogP contribution is -2.35. The molecule has 1 N–H and O–H groups in total. The summed E-state index contributed by atoms with van der Waals surface area (Å²) in [5, 5.41) is 10.8. The van der Waals surface area contributed by atoms with E-state index in [0.29, 0.717) is 22.3 Å². The van der Waals surface area contributed by atoms with Crippen LogP contribution in [-0.4, -0.2) is 26.4 Å². The molecule has 0 fully saturated rings. The first-order valence-electron chi connectivity index (χ1n) is 9.41. The van der Waals surface area contributed by atoms with Crippen molar-refractivity contribution in [2.75, 3.05) is 0 Å². The highest BCUT2D eigenvalue weighted by Crippen LogP contribution is 2.33. The predicted molar refractivity (Wildman–Crippen MR) is 124 cm³/mol. The maximum atomic E-state index is 12.6. The molecule has 2 aromatic carbocycles. The first kappa shape index (κ1) is 18.9. The molecule has 0 saturated carbocycles. The fraction of sp³-hybridized carbons (Fsp3) is 0.0870. The van der Waals surface area contributed by atoms with Crippen molar-refractivity contribution < 1.29 is 4.79 Å². The molecule has 30 heavy (non-hydrogen) atoms. The quantitative estimate of drug-likeness (QED) is 0.555. The molecule has 2 aliphatic heterocycles. The maximum Gasteiger partial charge on any atom is 0.283 e. The van der Waals surface area contributed by atoms with Crippen LogP contribution in [0.15, 0.2) is 76.4 Å². The number of amides is 1. The molecule has 7 heteroatoms. The van der Waals surface area contributed by atoms with Gasteiger partial charge in [0, 0.05) is 45.3 Å². The Morgan fingerprint density at radius 3 is 2.73 bits per heavy atom. The second-order valence-electron chi connectivity index (χ2n) is 7.17. The van der Waals surface area contributed by atoms with Crippen LogP contribution in [0.4, 0.5) is 0 Å². The molecular formula is C23H17ClN4OS. The molecule has 1 amide bonds. The van der Waals surface area contributed by atoms with Gasteiger partial charge in [0.25, 0.3) is 5.91 Å². The van der Waals surface area contributed by atoms with Gasteiger partial charge in [-0.05, 0) is 36.8 Å². The number of para-hydroxylation sites is 1. The second-order valence-corrected chi connectivity index (χ2v) is 8.82. The molecule has 3 aromatic rings. The van der Waals surface area contributed by atoms with E-state index in [1.54, 1.807) is 11.0 Å². The average molecular weight is 433 g/mol. The van der Waals surface area contributed by atoms with Gasteiger partial charge in [0.05, 0.1) is 5.57 Å². The summed E-state index contributed by atoms with van der Waals surface area (Å²) in [6.07, 6.45) is 5.64. The largest absolute Gasteiger partial charge is 0.342 e. The molecule has 0 radical (unpaired) electrons. The lowest BCUT2D eigenvalue weighted by atomic mass is 10.1. The van der Waals surface area contributed by atoms with Gasteiger partial charge in [0.1, 0.15) is 5.84 Å². The molecule has 0 atom stereocenters. The van der Waals surface area contributed by atoms with E-state index in [4.69, 9.17) is 17.0 Å². The van der Waals surface area contributed by atoms with E-state index in [1.165, 1.54) is 11.8 Å². The van der Waals surface area contributed by atoms with Crippen molar-refractivity contribution in [1.82, 2.24) is 9.47 Å². The molecule has 0 saturated heterocycles. The van der Waals surface area contributed by atoms with Gasteiger partial charge in [-0.2, -0.15) is 4.99 Å². The number of fused-ring (bicyclic) bond motifs is 2. The molecule has 148 valence electrons. The van der Waals surface area contributed by atoms with E-state index in [9.17, 15) is 4.79 Å². The first-order chi connectivity index (χ1) is 14.5. The third-order valence-electron chi connectivity index (χ3n) is 5.08. The lowest BCUT2D eigenvalue weighted by Gasteiger charge is -2.22. The number of rotatable bonds is 3. The summed E-state index contributed by atoms with van der Waals surface area (Å²) < 4.78 is 2.15. The van der Waals surface area contributed by atoms with Crippen LogP contribution in [0.3, 0.4) is 0 Å². The number of halogens is 1. The molecule has 1 aromatic heterocycles. The van der Waals surface area contributed by atoms with Crippen LogP contribution in [-0.2, 0) is 11.3 Å². The summed E-state index contributed by atoms with van der Waals surface area (Å²) in [6, 6.07) is 15.8. The molecule has 0 spiro atoms. The highest BCUT2D eigenvalue weighted by atomic mass is 35.5. The zero-order chi connectivity index (χ0) is 20.8. The third-order valence-corrected chi connectivity index (χ3v) is 6.23. The number of hydrogen-bond donors (Lipinski definition) is 1. The number of aromatic nitrogens is 1. The Labute approximate surface area is 182 Å². The van der Waals surface area contributed by atoms with Crippen LogP contribution in [0, 0.1) is 5.41 Å². The first-order valence-corrected chi connectivity index (χ1v) is 10.6. The van der Waals surface area contributed by atoms with Crippen molar-refractivity contribution in [3.63, 3.8) is 0 Å². The molecule has 5 nitrogen and oxygen atoms in total. The number of hydrogen-bond acceptors (Lipinski definition) is 3. The van der Waals surface area contributed by atoms with Crippen LogP contribution in [0.1, 0.15) is 18.1 Å². The Bertz CT molecular complexity index is 1300. The third kappa shape index (κ3) is 3.28. The molecule has 5 rings (SSSR count). The monoisotopic (exact) mass is 432 g/mol. The predicted octanol–water partition coefficient (Wildman–Crippen LogP) is 5.51. The van der Waals surface area contributed by atoms with Crippen LogP contribution < -0.4 is 0 Å². The van der Waals surface area contributed by atoms with Crippen LogP contribution in [0.25, 0.3) is 17.0 Å². The number of aliphatic imine (C=N–C) groups is 1. The van der Waals surface area contributed by atoms with Crippen molar-refractivity contribution in [3.8, 4) is 0 Å². The van der Waals surface area contributed by atoms with Gasteiger partial charge >= 0.3 is 0 Å². The molecule has 0 aliphatic carbocycles. The standard InChI is InChI=1S/C23H17ClN4OS/c1-14-11-28-21(25)19(22(29)26-23(28)30-14)10-16-13-27(20-5-3-2-4-18(16)20)12-15-6-8-17(24)9-7-15/h2-11,13,25H,12H2,1H3. The Morgan fingerprint density at radius 1 is 1.17 bits per heavy atom. The van der Waals surface area contributed by atoms with E-state index in [-0.39, 0.29) is 11.7 Å². The zero-order valence-corrected chi connectivity index (χ0v) is 17.7. The van der Waals surface area contributed by atoms with Crippen molar-refractivity contribution >= 4 is 57.3 Å². The number of amidine groups is 2. The average Bonchev–Trinajstić information content (AvgIpc) is 3.27. The Balaban J connectivity index is 1.57. The number of allylic oxidation sites excluding steroid dienone is 1. The van der Waals surface area contributed by atoms with E-state index in [1.807, 2.05) is 61.8 Å². The van der Waals surface area contributed by atoms with Crippen molar-refractivity contribution in [3.05, 3.63) is 87.6 Å². The van der Waals surface area contributed by atoms with Crippen molar-refractivity contribution in [1.29, 1.82) is 5.41 Å². The second kappa shape index (κ2) is 7.31. The Kier molecular flexibility index (Phi) is 4.60. The number of carbonyl (C=O) groups excluding carboxylic acids is 1. The summed E-state index contributed by atoms with van der Waals surface area (Å²) in [5.74, 6) is -0.222. The SMILES string of the molecule is CC1=CN2C(=N)C(=Cc3cn(Cc4ccc(Cl)cc4)c4ccccc34)C(=O)N=C2S1.